The van der Waals surface area contributed by atoms with Crippen LogP contribution in [0.25, 0.3) is 0 Å². The monoisotopic (exact) mass is 569 g/mol. The van der Waals surface area contributed by atoms with E-state index in [0.29, 0.717) is 44.9 Å². The normalized spacial score (nSPS) is 22.9. The summed E-state index contributed by atoms with van der Waals surface area (Å²) in [4.78, 5) is 67.3. The van der Waals surface area contributed by atoms with Crippen LogP contribution in [0.4, 0.5) is 0 Å². The zero-order chi connectivity index (χ0) is 29.6. The first-order valence-electron chi connectivity index (χ1n) is 14.7. The van der Waals surface area contributed by atoms with E-state index >= 15 is 0 Å². The molecule has 10 nitrogen and oxygen atoms in total. The standard InChI is InChI=1S/C31H43N3O7/c1-21(14-25(35)19-34-10-12-40-13-11-34)30(39)32-26(16-23-8-9-33(3)28(37)17-23)27(36)18-24(15-22-6-4-5-7-22)29(38)31(2)20-41-31/h6,8-9,17,21,24,26H,4-5,7,10-16,18-20H2,1-3H3,(H,32,39)/t21-,24-,26+,31-/m1/s1. The van der Waals surface area contributed by atoms with E-state index in [2.05, 4.69) is 11.4 Å². The molecule has 41 heavy (non-hydrogen) atoms. The first-order chi connectivity index (χ1) is 19.5. The number of rotatable bonds is 15. The first kappa shape index (κ1) is 31.0. The van der Waals surface area contributed by atoms with Gasteiger partial charge in [0.25, 0.3) is 5.56 Å². The molecule has 0 aromatic carbocycles. The number of hydrogen-bond donors (Lipinski definition) is 1. The Hall–Kier alpha value is -2.95. The molecule has 1 amide bonds. The molecule has 4 atom stereocenters. The van der Waals surface area contributed by atoms with Crippen molar-refractivity contribution < 1.29 is 28.7 Å². The van der Waals surface area contributed by atoms with Crippen molar-refractivity contribution in [3.63, 3.8) is 0 Å². The Balaban J connectivity index is 1.46. The summed E-state index contributed by atoms with van der Waals surface area (Å²) in [6, 6.07) is 2.26. The molecular weight excluding hydrogens is 526 g/mol. The molecule has 224 valence electrons. The van der Waals surface area contributed by atoms with Crippen LogP contribution in [0, 0.1) is 11.8 Å². The Morgan fingerprint density at radius 3 is 2.49 bits per heavy atom. The summed E-state index contributed by atoms with van der Waals surface area (Å²) in [5.74, 6) is -1.98. The molecule has 3 heterocycles. The number of pyridine rings is 1. The molecule has 0 spiro atoms. The van der Waals surface area contributed by atoms with Crippen LogP contribution in [0.1, 0.15) is 57.9 Å². The Kier molecular flexibility index (Phi) is 10.4. The fourth-order valence-corrected chi connectivity index (χ4v) is 5.58. The van der Waals surface area contributed by atoms with E-state index in [1.54, 1.807) is 33.2 Å². The Labute approximate surface area is 241 Å². The zero-order valence-corrected chi connectivity index (χ0v) is 24.5. The number of amides is 1. The molecule has 3 aliphatic rings. The minimum absolute atomic E-state index is 0.0325. The average Bonchev–Trinajstić information content (AvgIpc) is 3.48. The minimum atomic E-state index is -0.938. The highest BCUT2D eigenvalue weighted by molar-refractivity contribution is 5.97. The maximum absolute atomic E-state index is 13.8. The van der Waals surface area contributed by atoms with E-state index in [9.17, 15) is 24.0 Å². The van der Waals surface area contributed by atoms with Gasteiger partial charge < -0.3 is 19.4 Å². The molecule has 0 bridgehead atoms. The van der Waals surface area contributed by atoms with E-state index in [1.165, 1.54) is 16.2 Å². The fraction of sp³-hybridized carbons (Fsp3) is 0.645. The average molecular weight is 570 g/mol. The van der Waals surface area contributed by atoms with Crippen LogP contribution in [-0.4, -0.2) is 83.8 Å². The van der Waals surface area contributed by atoms with Crippen LogP contribution in [-0.2, 0) is 42.1 Å². The number of nitrogens with zero attached hydrogens (tertiary/aromatic N) is 2. The van der Waals surface area contributed by atoms with Crippen LogP contribution in [0.3, 0.4) is 0 Å². The van der Waals surface area contributed by atoms with Crippen LogP contribution < -0.4 is 10.9 Å². The van der Waals surface area contributed by atoms with Gasteiger partial charge in [0.05, 0.1) is 32.4 Å². The SMILES string of the molecule is C[C@H](CC(=O)CN1CCOCC1)C(=O)N[C@@H](Cc1ccn(C)c(=O)c1)C(=O)C[C@@H](CC1=CCCC1)C(=O)[C@@]1(C)CO1. The highest BCUT2D eigenvalue weighted by Gasteiger charge is 2.50. The van der Waals surface area contributed by atoms with Gasteiger partial charge >= 0.3 is 0 Å². The van der Waals surface area contributed by atoms with Gasteiger partial charge in [-0.05, 0) is 50.7 Å². The molecule has 1 aromatic heterocycles. The Morgan fingerprint density at radius 2 is 1.85 bits per heavy atom. The first-order valence-corrected chi connectivity index (χ1v) is 14.7. The van der Waals surface area contributed by atoms with E-state index in [1.807, 2.05) is 4.90 Å². The molecule has 10 heteroatoms. The molecular formula is C31H43N3O7. The maximum atomic E-state index is 13.8. The Bertz CT molecular complexity index is 1230. The summed E-state index contributed by atoms with van der Waals surface area (Å²) in [7, 11) is 1.64. The molecule has 0 unspecified atom stereocenters. The van der Waals surface area contributed by atoms with Crippen LogP contribution in [0.5, 0.6) is 0 Å². The Morgan fingerprint density at radius 1 is 1.12 bits per heavy atom. The summed E-state index contributed by atoms with van der Waals surface area (Å²) >= 11 is 0. The van der Waals surface area contributed by atoms with Crippen molar-refractivity contribution in [2.24, 2.45) is 18.9 Å². The second kappa shape index (κ2) is 13.8. The number of allylic oxidation sites excluding steroid dienone is 2. The third-order valence-electron chi connectivity index (χ3n) is 8.36. The predicted octanol–water partition coefficient (Wildman–Crippen LogP) is 1.77. The molecule has 2 aliphatic heterocycles. The van der Waals surface area contributed by atoms with Gasteiger partial charge in [0.2, 0.25) is 5.91 Å². The van der Waals surface area contributed by atoms with Crippen molar-refractivity contribution in [3.8, 4) is 0 Å². The number of ether oxygens (including phenoxy) is 2. The molecule has 4 rings (SSSR count). The molecule has 2 saturated heterocycles. The number of carbonyl (C=O) groups excluding carboxylic acids is 4. The number of nitrogens with one attached hydrogen (secondary N) is 1. The number of aromatic nitrogens is 1. The van der Waals surface area contributed by atoms with Crippen molar-refractivity contribution in [3.05, 3.63) is 45.9 Å². The van der Waals surface area contributed by atoms with Crippen molar-refractivity contribution in [1.29, 1.82) is 0 Å². The fourth-order valence-electron chi connectivity index (χ4n) is 5.58. The predicted molar refractivity (Wildman–Crippen MR) is 152 cm³/mol. The minimum Gasteiger partial charge on any atom is -0.379 e. The van der Waals surface area contributed by atoms with Gasteiger partial charge in [-0.3, -0.25) is 28.9 Å². The van der Waals surface area contributed by atoms with E-state index in [-0.39, 0.29) is 48.7 Å². The van der Waals surface area contributed by atoms with Gasteiger partial charge in [0, 0.05) is 57.1 Å². The van der Waals surface area contributed by atoms with Crippen molar-refractivity contribution in [1.82, 2.24) is 14.8 Å². The van der Waals surface area contributed by atoms with E-state index < -0.39 is 29.4 Å². The quantitative estimate of drug-likeness (QED) is 0.250. The number of aryl methyl sites for hydroxylation is 1. The van der Waals surface area contributed by atoms with Crippen LogP contribution in [0.15, 0.2) is 34.8 Å². The molecule has 1 N–H and O–H groups in total. The van der Waals surface area contributed by atoms with Gasteiger partial charge in [-0.2, -0.15) is 0 Å². The molecule has 0 saturated carbocycles. The molecule has 1 aromatic rings. The third-order valence-corrected chi connectivity index (χ3v) is 8.36. The lowest BCUT2D eigenvalue weighted by Crippen LogP contribution is -2.46. The summed E-state index contributed by atoms with van der Waals surface area (Å²) in [6.45, 7) is 6.57. The van der Waals surface area contributed by atoms with Gasteiger partial charge in [-0.1, -0.05) is 18.6 Å². The highest BCUT2D eigenvalue weighted by atomic mass is 16.6. The summed E-state index contributed by atoms with van der Waals surface area (Å²) in [5, 5.41) is 2.86. The summed E-state index contributed by atoms with van der Waals surface area (Å²) in [6.07, 6.45) is 7.35. The summed E-state index contributed by atoms with van der Waals surface area (Å²) < 4.78 is 12.2. The highest BCUT2D eigenvalue weighted by Crippen LogP contribution is 2.35. The maximum Gasteiger partial charge on any atom is 0.250 e. The van der Waals surface area contributed by atoms with Gasteiger partial charge in [0.15, 0.2) is 11.6 Å². The number of ketones is 3. The number of carbonyl (C=O) groups is 4. The lowest BCUT2D eigenvalue weighted by atomic mass is 9.83. The van der Waals surface area contributed by atoms with E-state index in [0.717, 1.165) is 19.3 Å². The van der Waals surface area contributed by atoms with Crippen molar-refractivity contribution in [2.45, 2.75) is 70.4 Å². The smallest absolute Gasteiger partial charge is 0.250 e. The van der Waals surface area contributed by atoms with Crippen LogP contribution >= 0.6 is 0 Å². The number of hydrogen-bond acceptors (Lipinski definition) is 8. The third kappa shape index (κ3) is 8.77. The van der Waals surface area contributed by atoms with Crippen LogP contribution in [0.2, 0.25) is 0 Å². The number of Topliss-reactive ketones (excluding diaryl/α,β-unsaturated/α-hetero) is 3. The molecule has 1 aliphatic carbocycles. The molecule has 0 radical (unpaired) electrons. The lowest BCUT2D eigenvalue weighted by Gasteiger charge is -2.26. The van der Waals surface area contributed by atoms with E-state index in [4.69, 9.17) is 9.47 Å². The largest absolute Gasteiger partial charge is 0.379 e. The second-order valence-electron chi connectivity index (χ2n) is 12.0. The number of morpholine rings is 1. The van der Waals surface area contributed by atoms with Gasteiger partial charge in [-0.25, -0.2) is 0 Å². The van der Waals surface area contributed by atoms with Gasteiger partial charge in [-0.15, -0.1) is 0 Å². The van der Waals surface area contributed by atoms with Gasteiger partial charge in [0.1, 0.15) is 11.4 Å². The lowest BCUT2D eigenvalue weighted by molar-refractivity contribution is -0.134. The number of epoxide rings is 1. The zero-order valence-electron chi connectivity index (χ0n) is 24.5. The topological polar surface area (TPSA) is 127 Å². The van der Waals surface area contributed by atoms with Crippen molar-refractivity contribution >= 4 is 23.3 Å². The molecule has 2 fully saturated rings. The summed E-state index contributed by atoms with van der Waals surface area (Å²) in [5.41, 5.74) is 0.716. The van der Waals surface area contributed by atoms with Crippen molar-refractivity contribution in [2.75, 3.05) is 39.5 Å². The second-order valence-corrected chi connectivity index (χ2v) is 12.0.